The van der Waals surface area contributed by atoms with Crippen molar-refractivity contribution >= 4 is 27.2 Å². The fourth-order valence-corrected chi connectivity index (χ4v) is 3.18. The summed E-state index contributed by atoms with van der Waals surface area (Å²) in [6.07, 6.45) is 1.61. The van der Waals surface area contributed by atoms with Gasteiger partial charge >= 0.3 is 0 Å². The van der Waals surface area contributed by atoms with Crippen molar-refractivity contribution in [1.29, 1.82) is 0 Å². The second-order valence-electron chi connectivity index (χ2n) is 5.43. The van der Waals surface area contributed by atoms with Crippen LogP contribution in [-0.4, -0.2) is 9.51 Å². The van der Waals surface area contributed by atoms with Gasteiger partial charge in [0.25, 0.3) is 0 Å². The second kappa shape index (κ2) is 4.30. The van der Waals surface area contributed by atoms with E-state index < -0.39 is 6.10 Å². The minimum atomic E-state index is -0.720. The highest BCUT2D eigenvalue weighted by Gasteiger charge is 2.17. The number of hydrogen-bond donors (Lipinski definition) is 1. The first-order valence-electron chi connectivity index (χ1n) is 7.18. The number of pyridine rings is 1. The summed E-state index contributed by atoms with van der Waals surface area (Å²) >= 11 is 0. The molecule has 0 saturated heterocycles. The smallest absolute Gasteiger partial charge is 0.195 e. The molecular weight excluding hydrogens is 262 g/mol. The first kappa shape index (κ1) is 12.4. The summed E-state index contributed by atoms with van der Waals surface area (Å²) in [4.78, 5) is 12.6. The van der Waals surface area contributed by atoms with Crippen molar-refractivity contribution in [3.63, 3.8) is 0 Å². The van der Waals surface area contributed by atoms with Gasteiger partial charge < -0.3 is 9.51 Å². The van der Waals surface area contributed by atoms with Gasteiger partial charge in [0.15, 0.2) is 5.43 Å². The minimum absolute atomic E-state index is 0.0646. The molecular formula is C18H15NO2. The Kier molecular flexibility index (Phi) is 2.53. The van der Waals surface area contributed by atoms with Crippen LogP contribution in [0.15, 0.2) is 53.5 Å². The third-order valence-corrected chi connectivity index (χ3v) is 4.25. The molecule has 2 heterocycles. The molecule has 4 aromatic rings. The van der Waals surface area contributed by atoms with Crippen LogP contribution in [0, 0.1) is 0 Å². The Morgan fingerprint density at radius 1 is 1.05 bits per heavy atom. The number of para-hydroxylation sites is 2. The molecule has 2 aromatic carbocycles. The minimum Gasteiger partial charge on any atom is -0.388 e. The normalized spacial score (nSPS) is 13.4. The fraction of sp³-hybridized carbons (Fsp3) is 0.167. The zero-order valence-corrected chi connectivity index (χ0v) is 11.7. The van der Waals surface area contributed by atoms with Crippen molar-refractivity contribution in [3.05, 3.63) is 64.4 Å². The predicted molar refractivity (Wildman–Crippen MR) is 85.1 cm³/mol. The van der Waals surface area contributed by atoms with Crippen LogP contribution in [-0.2, 0) is 0 Å². The Morgan fingerprint density at radius 3 is 2.57 bits per heavy atom. The van der Waals surface area contributed by atoms with Crippen molar-refractivity contribution in [2.45, 2.75) is 19.4 Å². The molecule has 0 bridgehead atoms. The molecule has 0 spiro atoms. The van der Waals surface area contributed by atoms with Crippen molar-refractivity contribution in [3.8, 4) is 0 Å². The molecule has 0 aliphatic rings. The fourth-order valence-electron chi connectivity index (χ4n) is 3.18. The SMILES string of the molecule is CCC(O)c1cn2c3ccccc3c3cccc(c1=O)c32. The third kappa shape index (κ3) is 1.55. The third-order valence-electron chi connectivity index (χ3n) is 4.25. The quantitative estimate of drug-likeness (QED) is 0.609. The molecule has 1 N–H and O–H groups in total. The first-order chi connectivity index (χ1) is 10.2. The van der Waals surface area contributed by atoms with Crippen LogP contribution < -0.4 is 5.43 Å². The van der Waals surface area contributed by atoms with Gasteiger partial charge in [0.1, 0.15) is 0 Å². The molecule has 0 aliphatic carbocycles. The number of aliphatic hydroxyl groups excluding tert-OH is 1. The van der Waals surface area contributed by atoms with Gasteiger partial charge in [-0.15, -0.1) is 0 Å². The Hall–Kier alpha value is -2.39. The molecule has 21 heavy (non-hydrogen) atoms. The zero-order chi connectivity index (χ0) is 14.6. The summed E-state index contributed by atoms with van der Waals surface area (Å²) in [7, 11) is 0. The van der Waals surface area contributed by atoms with Gasteiger partial charge in [-0.25, -0.2) is 0 Å². The van der Waals surface area contributed by atoms with E-state index in [0.29, 0.717) is 17.4 Å². The Balaban J connectivity index is 2.32. The van der Waals surface area contributed by atoms with E-state index in [1.165, 1.54) is 0 Å². The standard InChI is InChI=1S/C18H15NO2/c1-2-16(20)14-10-19-15-9-4-3-6-11(15)12-7-5-8-13(17(12)19)18(14)21/h3-10,16,20H,2H2,1H3. The second-order valence-corrected chi connectivity index (χ2v) is 5.43. The van der Waals surface area contributed by atoms with Gasteiger partial charge in [0.2, 0.25) is 0 Å². The monoisotopic (exact) mass is 277 g/mol. The van der Waals surface area contributed by atoms with Crippen molar-refractivity contribution in [2.24, 2.45) is 0 Å². The number of nitrogens with zero attached hydrogens (tertiary/aromatic N) is 1. The maximum Gasteiger partial charge on any atom is 0.195 e. The predicted octanol–water partition coefficient (Wildman–Crippen LogP) is 3.49. The van der Waals surface area contributed by atoms with E-state index in [4.69, 9.17) is 0 Å². The average molecular weight is 277 g/mol. The average Bonchev–Trinajstić information content (AvgIpc) is 2.85. The van der Waals surface area contributed by atoms with Crippen LogP contribution in [0.2, 0.25) is 0 Å². The van der Waals surface area contributed by atoms with E-state index in [-0.39, 0.29) is 5.43 Å². The number of aliphatic hydroxyl groups is 1. The van der Waals surface area contributed by atoms with E-state index in [2.05, 4.69) is 6.07 Å². The van der Waals surface area contributed by atoms with Crippen LogP contribution in [0.1, 0.15) is 25.0 Å². The number of benzene rings is 2. The molecule has 2 aromatic heterocycles. The summed E-state index contributed by atoms with van der Waals surface area (Å²) < 4.78 is 2.04. The summed E-state index contributed by atoms with van der Waals surface area (Å²) in [5, 5.41) is 13.0. The highest BCUT2D eigenvalue weighted by Crippen LogP contribution is 2.31. The van der Waals surface area contributed by atoms with E-state index >= 15 is 0 Å². The topological polar surface area (TPSA) is 41.7 Å². The van der Waals surface area contributed by atoms with Crippen LogP contribution in [0.4, 0.5) is 0 Å². The first-order valence-corrected chi connectivity index (χ1v) is 7.18. The molecule has 0 saturated carbocycles. The van der Waals surface area contributed by atoms with Gasteiger partial charge in [0, 0.05) is 27.9 Å². The lowest BCUT2D eigenvalue weighted by atomic mass is 10.0. The summed E-state index contributed by atoms with van der Waals surface area (Å²) in [5.41, 5.74) is 2.41. The van der Waals surface area contributed by atoms with Crippen LogP contribution in [0.3, 0.4) is 0 Å². The Bertz CT molecular complexity index is 1020. The lowest BCUT2D eigenvalue weighted by molar-refractivity contribution is 0.172. The van der Waals surface area contributed by atoms with Crippen LogP contribution in [0.5, 0.6) is 0 Å². The zero-order valence-electron chi connectivity index (χ0n) is 11.7. The van der Waals surface area contributed by atoms with Gasteiger partial charge in [-0.1, -0.05) is 37.3 Å². The maximum atomic E-state index is 12.6. The van der Waals surface area contributed by atoms with Gasteiger partial charge in [-0.2, -0.15) is 0 Å². The lowest BCUT2D eigenvalue weighted by Crippen LogP contribution is -2.15. The van der Waals surface area contributed by atoms with Crippen molar-refractivity contribution < 1.29 is 5.11 Å². The Labute approximate surface area is 121 Å². The molecule has 0 fully saturated rings. The number of hydrogen-bond acceptors (Lipinski definition) is 2. The molecule has 4 rings (SSSR count). The number of aromatic nitrogens is 1. The number of rotatable bonds is 2. The largest absolute Gasteiger partial charge is 0.388 e. The van der Waals surface area contributed by atoms with Gasteiger partial charge in [0.05, 0.1) is 17.1 Å². The summed E-state index contributed by atoms with van der Waals surface area (Å²) in [5.74, 6) is 0. The highest BCUT2D eigenvalue weighted by molar-refractivity contribution is 6.13. The van der Waals surface area contributed by atoms with Crippen molar-refractivity contribution in [1.82, 2.24) is 4.40 Å². The molecule has 3 heteroatoms. The molecule has 0 aliphatic heterocycles. The summed E-state index contributed by atoms with van der Waals surface area (Å²) in [6, 6.07) is 13.9. The van der Waals surface area contributed by atoms with E-state index in [1.54, 1.807) is 6.20 Å². The molecule has 0 amide bonds. The van der Waals surface area contributed by atoms with Gasteiger partial charge in [-0.05, 0) is 18.6 Å². The molecule has 0 radical (unpaired) electrons. The van der Waals surface area contributed by atoms with E-state index in [9.17, 15) is 9.90 Å². The molecule has 1 unspecified atom stereocenters. The lowest BCUT2D eigenvalue weighted by Gasteiger charge is -2.10. The van der Waals surface area contributed by atoms with Crippen molar-refractivity contribution in [2.75, 3.05) is 0 Å². The molecule has 1 atom stereocenters. The van der Waals surface area contributed by atoms with Crippen LogP contribution in [0.25, 0.3) is 27.2 Å². The van der Waals surface area contributed by atoms with Gasteiger partial charge in [-0.3, -0.25) is 4.79 Å². The van der Waals surface area contributed by atoms with E-state index in [1.807, 2.05) is 47.7 Å². The molecule has 104 valence electrons. The maximum absolute atomic E-state index is 12.6. The van der Waals surface area contributed by atoms with E-state index in [0.717, 1.165) is 21.8 Å². The Morgan fingerprint density at radius 2 is 1.76 bits per heavy atom. The molecule has 3 nitrogen and oxygen atoms in total. The van der Waals surface area contributed by atoms with Crippen LogP contribution >= 0.6 is 0 Å². The summed E-state index contributed by atoms with van der Waals surface area (Å²) in [6.45, 7) is 1.88. The highest BCUT2D eigenvalue weighted by atomic mass is 16.3. The number of fused-ring (bicyclic) bond motifs is 3.